The lowest BCUT2D eigenvalue weighted by Gasteiger charge is -2.29. The molecule has 1 aliphatic rings. The largest absolute Gasteiger partial charge is 0.478 e. The fraction of sp³-hybridized carbons (Fsp3) is 0.500. The van der Waals surface area contributed by atoms with E-state index in [9.17, 15) is 14.7 Å². The van der Waals surface area contributed by atoms with Crippen LogP contribution in [0.15, 0.2) is 36.9 Å². The van der Waals surface area contributed by atoms with E-state index in [1.807, 2.05) is 11.0 Å². The summed E-state index contributed by atoms with van der Waals surface area (Å²) in [6.45, 7) is 5.12. The molecule has 2 rings (SSSR count). The highest BCUT2D eigenvalue weighted by molar-refractivity contribution is 5.89. The van der Waals surface area contributed by atoms with Gasteiger partial charge >= 0.3 is 5.97 Å². The molecule has 0 aromatic heterocycles. The summed E-state index contributed by atoms with van der Waals surface area (Å²) in [6, 6.07) is 6.90. The first-order chi connectivity index (χ1) is 11.6. The van der Waals surface area contributed by atoms with Gasteiger partial charge in [0.1, 0.15) is 0 Å². The van der Waals surface area contributed by atoms with Crippen LogP contribution in [0.5, 0.6) is 0 Å². The van der Waals surface area contributed by atoms with Crippen molar-refractivity contribution in [3.05, 3.63) is 48.0 Å². The van der Waals surface area contributed by atoms with E-state index in [-0.39, 0.29) is 11.5 Å². The van der Waals surface area contributed by atoms with Gasteiger partial charge in [-0.25, -0.2) is 4.79 Å². The van der Waals surface area contributed by atoms with Crippen LogP contribution >= 0.6 is 0 Å². The highest BCUT2D eigenvalue weighted by Gasteiger charge is 2.20. The molecule has 1 aromatic rings. The molecule has 0 bridgehead atoms. The van der Waals surface area contributed by atoms with Gasteiger partial charge in [-0.2, -0.15) is 0 Å². The summed E-state index contributed by atoms with van der Waals surface area (Å²) in [5.74, 6) is -0.266. The Bertz CT molecular complexity index is 576. The van der Waals surface area contributed by atoms with E-state index in [4.69, 9.17) is 0 Å². The number of aromatic carboxylic acids is 1. The molecule has 0 unspecified atom stereocenters. The zero-order valence-electron chi connectivity index (χ0n) is 14.2. The summed E-state index contributed by atoms with van der Waals surface area (Å²) in [5, 5.41) is 9.23. The van der Waals surface area contributed by atoms with Crippen molar-refractivity contribution in [3.63, 3.8) is 0 Å². The predicted molar refractivity (Wildman–Crippen MR) is 95.1 cm³/mol. The number of carbonyl (C=O) groups is 2. The molecule has 1 aromatic carbocycles. The molecule has 0 atom stereocenters. The van der Waals surface area contributed by atoms with Crippen LogP contribution in [0.3, 0.4) is 0 Å². The number of amides is 1. The monoisotopic (exact) mass is 329 g/mol. The Morgan fingerprint density at radius 2 is 1.92 bits per heavy atom. The van der Waals surface area contributed by atoms with Gasteiger partial charge in [0.15, 0.2) is 0 Å². The zero-order valence-corrected chi connectivity index (χ0v) is 14.2. The summed E-state index contributed by atoms with van der Waals surface area (Å²) in [5.41, 5.74) is 1.00. The minimum absolute atomic E-state index is 0.0839. The molecular formula is C20H27NO3. The maximum atomic E-state index is 12.6. The van der Waals surface area contributed by atoms with Crippen LogP contribution in [-0.4, -0.2) is 35.0 Å². The molecular weight excluding hydrogens is 302 g/mol. The topological polar surface area (TPSA) is 57.6 Å². The minimum atomic E-state index is -0.941. The molecule has 0 radical (unpaired) electrons. The number of aryl methyl sites for hydroxylation is 1. The van der Waals surface area contributed by atoms with Crippen molar-refractivity contribution < 1.29 is 14.7 Å². The van der Waals surface area contributed by atoms with Gasteiger partial charge in [0.05, 0.1) is 5.56 Å². The predicted octanol–water partition coefficient (Wildman–Crippen LogP) is 3.91. The van der Waals surface area contributed by atoms with E-state index in [1.165, 1.54) is 32.1 Å². The third kappa shape index (κ3) is 5.22. The molecule has 0 aliphatic heterocycles. The summed E-state index contributed by atoms with van der Waals surface area (Å²) < 4.78 is 0. The SMILES string of the molecule is C=CCN(CC1CCCCC1)C(=O)CCc1ccccc1C(=O)O. The first kappa shape index (κ1) is 18.2. The van der Waals surface area contributed by atoms with Crippen molar-refractivity contribution in [2.45, 2.75) is 44.9 Å². The zero-order chi connectivity index (χ0) is 17.4. The van der Waals surface area contributed by atoms with Gasteiger partial charge in [0.25, 0.3) is 0 Å². The summed E-state index contributed by atoms with van der Waals surface area (Å²) in [6.07, 6.45) is 8.78. The molecule has 24 heavy (non-hydrogen) atoms. The molecule has 1 saturated carbocycles. The first-order valence-electron chi connectivity index (χ1n) is 8.81. The minimum Gasteiger partial charge on any atom is -0.478 e. The maximum absolute atomic E-state index is 12.6. The Morgan fingerprint density at radius 1 is 1.21 bits per heavy atom. The molecule has 0 saturated heterocycles. The normalized spacial score (nSPS) is 15.0. The summed E-state index contributed by atoms with van der Waals surface area (Å²) in [4.78, 5) is 25.7. The van der Waals surface area contributed by atoms with E-state index >= 15 is 0 Å². The standard InChI is InChI=1S/C20H27NO3/c1-2-14-21(15-16-8-4-3-5-9-16)19(22)13-12-17-10-6-7-11-18(17)20(23)24/h2,6-7,10-11,16H,1,3-5,8-9,12-15H2,(H,23,24). The second kappa shape index (κ2) is 9.26. The van der Waals surface area contributed by atoms with Crippen molar-refractivity contribution in [1.82, 2.24) is 4.90 Å². The van der Waals surface area contributed by atoms with Crippen LogP contribution in [-0.2, 0) is 11.2 Å². The number of carbonyl (C=O) groups excluding carboxylic acids is 1. The van der Waals surface area contributed by atoms with E-state index in [0.29, 0.717) is 25.3 Å². The molecule has 4 heteroatoms. The number of carboxylic acids is 1. The smallest absolute Gasteiger partial charge is 0.335 e. The Morgan fingerprint density at radius 3 is 2.58 bits per heavy atom. The highest BCUT2D eigenvalue weighted by Crippen LogP contribution is 2.24. The van der Waals surface area contributed by atoms with E-state index in [0.717, 1.165) is 12.1 Å². The fourth-order valence-corrected chi connectivity index (χ4v) is 3.46. The lowest BCUT2D eigenvalue weighted by Crippen LogP contribution is -2.36. The molecule has 0 heterocycles. The fourth-order valence-electron chi connectivity index (χ4n) is 3.46. The lowest BCUT2D eigenvalue weighted by atomic mass is 9.89. The van der Waals surface area contributed by atoms with Crippen LogP contribution in [0.25, 0.3) is 0 Å². The van der Waals surface area contributed by atoms with Crippen LogP contribution in [0, 0.1) is 5.92 Å². The Labute approximate surface area is 144 Å². The Hall–Kier alpha value is -2.10. The third-order valence-electron chi connectivity index (χ3n) is 4.76. The van der Waals surface area contributed by atoms with Crippen molar-refractivity contribution in [2.24, 2.45) is 5.92 Å². The van der Waals surface area contributed by atoms with Gasteiger partial charge in [0, 0.05) is 19.5 Å². The van der Waals surface area contributed by atoms with Gasteiger partial charge in [-0.1, -0.05) is 43.5 Å². The molecule has 130 valence electrons. The number of benzene rings is 1. The van der Waals surface area contributed by atoms with Crippen LogP contribution in [0.2, 0.25) is 0 Å². The molecule has 4 nitrogen and oxygen atoms in total. The number of hydrogen-bond acceptors (Lipinski definition) is 2. The first-order valence-corrected chi connectivity index (χ1v) is 8.81. The van der Waals surface area contributed by atoms with E-state index in [1.54, 1.807) is 24.3 Å². The second-order valence-electron chi connectivity index (χ2n) is 6.55. The number of carboxylic acid groups (broad SMARTS) is 1. The Kier molecular flexibility index (Phi) is 7.04. The molecule has 1 fully saturated rings. The molecule has 1 N–H and O–H groups in total. The van der Waals surface area contributed by atoms with Crippen molar-refractivity contribution in [3.8, 4) is 0 Å². The van der Waals surface area contributed by atoms with Gasteiger partial charge < -0.3 is 10.0 Å². The van der Waals surface area contributed by atoms with Crippen molar-refractivity contribution in [2.75, 3.05) is 13.1 Å². The molecule has 1 amide bonds. The van der Waals surface area contributed by atoms with Crippen molar-refractivity contribution in [1.29, 1.82) is 0 Å². The van der Waals surface area contributed by atoms with E-state index in [2.05, 4.69) is 6.58 Å². The Balaban J connectivity index is 1.95. The third-order valence-corrected chi connectivity index (χ3v) is 4.76. The number of rotatable bonds is 8. The lowest BCUT2D eigenvalue weighted by molar-refractivity contribution is -0.131. The number of hydrogen-bond donors (Lipinski definition) is 1. The summed E-state index contributed by atoms with van der Waals surface area (Å²) in [7, 11) is 0. The van der Waals surface area contributed by atoms with Gasteiger partial charge in [0.2, 0.25) is 5.91 Å². The second-order valence-corrected chi connectivity index (χ2v) is 6.55. The van der Waals surface area contributed by atoms with E-state index < -0.39 is 5.97 Å². The van der Waals surface area contributed by atoms with Crippen LogP contribution in [0.1, 0.15) is 54.4 Å². The van der Waals surface area contributed by atoms with Gasteiger partial charge in [-0.15, -0.1) is 6.58 Å². The van der Waals surface area contributed by atoms with Crippen LogP contribution in [0.4, 0.5) is 0 Å². The van der Waals surface area contributed by atoms with Gasteiger partial charge in [-0.3, -0.25) is 4.79 Å². The molecule has 1 aliphatic carbocycles. The molecule has 0 spiro atoms. The maximum Gasteiger partial charge on any atom is 0.335 e. The number of nitrogens with zero attached hydrogens (tertiary/aromatic N) is 1. The average Bonchev–Trinajstić information content (AvgIpc) is 2.60. The highest BCUT2D eigenvalue weighted by atomic mass is 16.4. The average molecular weight is 329 g/mol. The van der Waals surface area contributed by atoms with Crippen LogP contribution < -0.4 is 0 Å². The van der Waals surface area contributed by atoms with Gasteiger partial charge in [-0.05, 0) is 36.8 Å². The summed E-state index contributed by atoms with van der Waals surface area (Å²) >= 11 is 0. The van der Waals surface area contributed by atoms with Crippen molar-refractivity contribution >= 4 is 11.9 Å². The quantitative estimate of drug-likeness (QED) is 0.736.